The normalized spacial score (nSPS) is 14.5. The van der Waals surface area contributed by atoms with Crippen molar-refractivity contribution in [1.82, 2.24) is 4.57 Å². The number of thiophene rings is 2. The van der Waals surface area contributed by atoms with E-state index in [0.29, 0.717) is 0 Å². The highest BCUT2D eigenvalue weighted by Gasteiger charge is 2.36. The number of benzene rings is 4. The van der Waals surface area contributed by atoms with Gasteiger partial charge in [-0.25, -0.2) is 0 Å². The molecule has 0 unspecified atom stereocenters. The summed E-state index contributed by atoms with van der Waals surface area (Å²) in [6.07, 6.45) is 3.36. The van der Waals surface area contributed by atoms with Gasteiger partial charge in [-0.15, -0.1) is 11.3 Å². The fourth-order valence-electron chi connectivity index (χ4n) is 7.88. The van der Waals surface area contributed by atoms with E-state index in [2.05, 4.69) is 128 Å². The quantitative estimate of drug-likeness (QED) is 0.187. The van der Waals surface area contributed by atoms with Crippen molar-refractivity contribution in [1.29, 1.82) is 0 Å². The maximum atomic E-state index is 5.47. The minimum atomic E-state index is -0.0453. The van der Waals surface area contributed by atoms with E-state index in [-0.39, 0.29) is 5.41 Å². The lowest BCUT2D eigenvalue weighted by Crippen LogP contribution is -2.15. The summed E-state index contributed by atoms with van der Waals surface area (Å²) in [7, 11) is 1.74. The Labute approximate surface area is 272 Å². The smallest absolute Gasteiger partial charge is 0.173 e. The Balaban J connectivity index is 1.26. The van der Waals surface area contributed by atoms with Crippen molar-refractivity contribution in [3.8, 4) is 53.3 Å². The van der Waals surface area contributed by atoms with E-state index in [9.17, 15) is 0 Å². The van der Waals surface area contributed by atoms with E-state index in [1.165, 1.54) is 81.4 Å². The molecule has 2 nitrogen and oxygen atoms in total. The van der Waals surface area contributed by atoms with Gasteiger partial charge in [0.05, 0.1) is 18.3 Å². The molecule has 3 aromatic heterocycles. The molecule has 0 spiro atoms. The number of nitrogens with zero attached hydrogens (tertiary/aromatic N) is 1. The molecule has 2 aliphatic carbocycles. The van der Waals surface area contributed by atoms with Gasteiger partial charge in [0.25, 0.3) is 0 Å². The number of fused-ring (bicyclic) bond motifs is 3. The van der Waals surface area contributed by atoms with E-state index < -0.39 is 0 Å². The summed E-state index contributed by atoms with van der Waals surface area (Å²) in [6, 6.07) is 40.7. The molecule has 0 atom stereocenters. The number of hydrogen-bond donors (Lipinski definition) is 0. The minimum absolute atomic E-state index is 0.0453. The van der Waals surface area contributed by atoms with Gasteiger partial charge >= 0.3 is 0 Å². The SMILES string of the molecule is COc1ccc(-c2ccc(-c3ccc4c5c3CCCc5c(-c3ccccc3)n4-c3ccc4c(c3)C(C)(C)c3ccccc3-4)s2)s1. The van der Waals surface area contributed by atoms with Crippen LogP contribution in [0.25, 0.3) is 59.2 Å². The molecule has 0 aliphatic heterocycles. The molecule has 0 radical (unpaired) electrons. The molecular weight excluding hydrogens is 587 g/mol. The number of rotatable bonds is 5. The molecule has 45 heavy (non-hydrogen) atoms. The highest BCUT2D eigenvalue weighted by Crippen LogP contribution is 2.51. The average molecular weight is 620 g/mol. The number of aryl methyl sites for hydroxylation is 2. The molecule has 0 bridgehead atoms. The van der Waals surface area contributed by atoms with Crippen LogP contribution < -0.4 is 4.74 Å². The van der Waals surface area contributed by atoms with Crippen LogP contribution in [0.4, 0.5) is 0 Å². The monoisotopic (exact) mass is 619 g/mol. The second kappa shape index (κ2) is 10.1. The average Bonchev–Trinajstić information content (AvgIpc) is 3.87. The molecule has 3 heterocycles. The molecule has 220 valence electrons. The van der Waals surface area contributed by atoms with Crippen LogP contribution in [0.15, 0.2) is 109 Å². The number of hydrogen-bond acceptors (Lipinski definition) is 3. The zero-order chi connectivity index (χ0) is 30.3. The molecule has 9 rings (SSSR count). The van der Waals surface area contributed by atoms with Crippen LogP contribution in [0, 0.1) is 0 Å². The molecule has 0 fully saturated rings. The van der Waals surface area contributed by atoms with Gasteiger partial charge in [0, 0.05) is 31.1 Å². The van der Waals surface area contributed by atoms with E-state index in [0.717, 1.165) is 24.3 Å². The lowest BCUT2D eigenvalue weighted by molar-refractivity contribution is 0.427. The predicted octanol–water partition coefficient (Wildman–Crippen LogP) is 11.6. The van der Waals surface area contributed by atoms with Gasteiger partial charge in [-0.1, -0.05) is 91.9 Å². The Bertz CT molecular complexity index is 2260. The summed E-state index contributed by atoms with van der Waals surface area (Å²) in [5.41, 5.74) is 15.1. The Morgan fingerprint density at radius 1 is 0.644 bits per heavy atom. The largest absolute Gasteiger partial charge is 0.487 e. The van der Waals surface area contributed by atoms with E-state index in [1.54, 1.807) is 18.4 Å². The van der Waals surface area contributed by atoms with Crippen LogP contribution in [-0.4, -0.2) is 11.7 Å². The van der Waals surface area contributed by atoms with Crippen LogP contribution in [0.2, 0.25) is 0 Å². The molecule has 4 aromatic carbocycles. The molecule has 7 aromatic rings. The zero-order valence-corrected chi connectivity index (χ0v) is 27.3. The third-order valence-electron chi connectivity index (χ3n) is 9.97. The van der Waals surface area contributed by atoms with Crippen molar-refractivity contribution >= 4 is 33.6 Å². The fraction of sp³-hybridized carbons (Fsp3) is 0.171. The van der Waals surface area contributed by atoms with Crippen molar-refractivity contribution < 1.29 is 4.74 Å². The topological polar surface area (TPSA) is 14.2 Å². The molecular formula is C41H33NOS2. The Morgan fingerprint density at radius 2 is 1.36 bits per heavy atom. The van der Waals surface area contributed by atoms with Gasteiger partial charge in [-0.05, 0) is 106 Å². The van der Waals surface area contributed by atoms with Crippen molar-refractivity contribution in [2.24, 2.45) is 0 Å². The molecule has 0 saturated heterocycles. The first kappa shape index (κ1) is 27.0. The Hall–Kier alpha value is -4.38. The first-order valence-corrected chi connectivity index (χ1v) is 17.4. The van der Waals surface area contributed by atoms with E-state index in [1.807, 2.05) is 11.3 Å². The van der Waals surface area contributed by atoms with Crippen LogP contribution in [0.3, 0.4) is 0 Å². The van der Waals surface area contributed by atoms with Crippen LogP contribution >= 0.6 is 22.7 Å². The van der Waals surface area contributed by atoms with E-state index >= 15 is 0 Å². The molecule has 0 N–H and O–H groups in total. The lowest BCUT2D eigenvalue weighted by atomic mass is 9.82. The summed E-state index contributed by atoms with van der Waals surface area (Å²) >= 11 is 3.60. The Kier molecular flexibility index (Phi) is 6.03. The lowest BCUT2D eigenvalue weighted by Gasteiger charge is -2.22. The minimum Gasteiger partial charge on any atom is -0.487 e. The van der Waals surface area contributed by atoms with Gasteiger partial charge in [-0.2, -0.15) is 0 Å². The maximum Gasteiger partial charge on any atom is 0.173 e. The third-order valence-corrected chi connectivity index (χ3v) is 12.3. The first-order chi connectivity index (χ1) is 22.0. The number of aromatic nitrogens is 1. The first-order valence-electron chi connectivity index (χ1n) is 15.8. The zero-order valence-electron chi connectivity index (χ0n) is 25.7. The van der Waals surface area contributed by atoms with Gasteiger partial charge in [0.1, 0.15) is 0 Å². The predicted molar refractivity (Wildman–Crippen MR) is 191 cm³/mol. The van der Waals surface area contributed by atoms with Crippen LogP contribution in [0.5, 0.6) is 5.06 Å². The highest BCUT2D eigenvalue weighted by molar-refractivity contribution is 7.24. The Morgan fingerprint density at radius 3 is 2.20 bits per heavy atom. The summed E-state index contributed by atoms with van der Waals surface area (Å²) < 4.78 is 8.04. The van der Waals surface area contributed by atoms with Gasteiger partial charge in [0.15, 0.2) is 5.06 Å². The van der Waals surface area contributed by atoms with Crippen LogP contribution in [0.1, 0.15) is 42.5 Å². The van der Waals surface area contributed by atoms with Crippen LogP contribution in [-0.2, 0) is 18.3 Å². The number of methoxy groups -OCH3 is 1. The van der Waals surface area contributed by atoms with E-state index in [4.69, 9.17) is 4.74 Å². The molecule has 0 saturated carbocycles. The highest BCUT2D eigenvalue weighted by atomic mass is 32.1. The summed E-state index contributed by atoms with van der Waals surface area (Å²) in [4.78, 5) is 3.90. The second-order valence-electron chi connectivity index (χ2n) is 12.8. The van der Waals surface area contributed by atoms with Crippen molar-refractivity contribution in [3.63, 3.8) is 0 Å². The number of ether oxygens (including phenoxy) is 1. The second-order valence-corrected chi connectivity index (χ2v) is 14.9. The van der Waals surface area contributed by atoms with Gasteiger partial charge in [0.2, 0.25) is 0 Å². The van der Waals surface area contributed by atoms with Crippen molar-refractivity contribution in [2.75, 3.05) is 7.11 Å². The summed E-state index contributed by atoms with van der Waals surface area (Å²) in [5.74, 6) is 0. The van der Waals surface area contributed by atoms with Crippen molar-refractivity contribution in [2.45, 2.75) is 38.5 Å². The molecule has 0 amide bonds. The molecule has 2 aliphatic rings. The third kappa shape index (κ3) is 3.99. The van der Waals surface area contributed by atoms with Gasteiger partial charge in [-0.3, -0.25) is 0 Å². The maximum absolute atomic E-state index is 5.47. The molecule has 4 heteroatoms. The summed E-state index contributed by atoms with van der Waals surface area (Å²) in [6.45, 7) is 4.75. The summed E-state index contributed by atoms with van der Waals surface area (Å²) in [5, 5.41) is 2.41. The fourth-order valence-corrected chi connectivity index (χ4v) is 9.85. The standard InChI is InChI=1S/C41H33NOS2/c1-41(2)32-15-8-7-12-27(32)28-17-16-26(24-33(28)41)42-34-19-18-29(35-20-21-36(44-35)37-22-23-38(43-3)45-37)30-13-9-14-31(39(30)34)40(42)25-10-5-4-6-11-25/h4-8,10-12,15-24H,9,13-14H2,1-3H3. The van der Waals surface area contributed by atoms with Gasteiger partial charge < -0.3 is 9.30 Å². The van der Waals surface area contributed by atoms with Crippen molar-refractivity contribution in [3.05, 3.63) is 131 Å².